The lowest BCUT2D eigenvalue weighted by atomic mass is 9.94. The summed E-state index contributed by atoms with van der Waals surface area (Å²) >= 11 is 0. The van der Waals surface area contributed by atoms with Gasteiger partial charge in [0.2, 0.25) is 5.91 Å². The van der Waals surface area contributed by atoms with Gasteiger partial charge in [0.1, 0.15) is 0 Å². The Kier molecular flexibility index (Phi) is 5.70. The molecule has 1 aromatic heterocycles. The molecule has 3 aromatic rings. The first kappa shape index (κ1) is 18.7. The van der Waals surface area contributed by atoms with E-state index in [0.29, 0.717) is 12.5 Å². The molecule has 1 aliphatic carbocycles. The van der Waals surface area contributed by atoms with Crippen molar-refractivity contribution >= 4 is 16.8 Å². The second-order valence-corrected chi connectivity index (χ2v) is 7.85. The number of carbonyl (C=O) groups is 1. The summed E-state index contributed by atoms with van der Waals surface area (Å²) in [5.41, 5.74) is 4.28. The van der Waals surface area contributed by atoms with Gasteiger partial charge in [0.25, 0.3) is 0 Å². The maximum absolute atomic E-state index is 12.8. The zero-order valence-corrected chi connectivity index (χ0v) is 16.6. The van der Waals surface area contributed by atoms with E-state index in [1.807, 2.05) is 42.3 Å². The molecule has 3 heteroatoms. The van der Waals surface area contributed by atoms with Gasteiger partial charge < -0.3 is 4.90 Å². The van der Waals surface area contributed by atoms with Crippen LogP contribution in [0.4, 0.5) is 0 Å². The van der Waals surface area contributed by atoms with Gasteiger partial charge in [0.05, 0.1) is 11.2 Å². The van der Waals surface area contributed by atoms with Crippen molar-refractivity contribution in [1.82, 2.24) is 9.88 Å². The van der Waals surface area contributed by atoms with E-state index < -0.39 is 0 Å². The van der Waals surface area contributed by atoms with Crippen LogP contribution in [0.2, 0.25) is 0 Å². The van der Waals surface area contributed by atoms with Gasteiger partial charge in [-0.3, -0.25) is 4.79 Å². The number of hydrogen-bond acceptors (Lipinski definition) is 2. The molecule has 1 fully saturated rings. The average molecular weight is 373 g/mol. The number of pyridine rings is 1. The molecule has 1 saturated carbocycles. The summed E-state index contributed by atoms with van der Waals surface area (Å²) in [7, 11) is 1.98. The normalized spacial score (nSPS) is 14.9. The number of fused-ring (bicyclic) bond motifs is 1. The van der Waals surface area contributed by atoms with Crippen molar-refractivity contribution in [3.8, 4) is 11.3 Å². The van der Waals surface area contributed by atoms with Crippen molar-refractivity contribution in [2.75, 3.05) is 7.05 Å². The molecule has 2 aromatic carbocycles. The number of rotatable bonds is 5. The largest absolute Gasteiger partial charge is 0.343 e. The molecule has 1 aliphatic rings. The van der Waals surface area contributed by atoms with Gasteiger partial charge in [-0.25, -0.2) is 4.98 Å². The fourth-order valence-corrected chi connectivity index (χ4v) is 4.30. The van der Waals surface area contributed by atoms with Crippen LogP contribution < -0.4 is 0 Å². The van der Waals surface area contributed by atoms with E-state index >= 15 is 0 Å². The number of benzene rings is 2. The summed E-state index contributed by atoms with van der Waals surface area (Å²) in [6, 6.07) is 21.1. The van der Waals surface area contributed by atoms with Crippen LogP contribution in [-0.4, -0.2) is 28.9 Å². The predicted octanol–water partition coefficient (Wildman–Crippen LogP) is 5.63. The summed E-state index contributed by atoms with van der Waals surface area (Å²) in [6.07, 6.45) is 7.41. The highest BCUT2D eigenvalue weighted by molar-refractivity contribution is 5.86. The van der Waals surface area contributed by atoms with E-state index in [1.165, 1.54) is 24.8 Å². The Balaban J connectivity index is 1.56. The van der Waals surface area contributed by atoms with Gasteiger partial charge in [-0.1, -0.05) is 67.8 Å². The number of carbonyl (C=O) groups excluding carboxylic acids is 1. The first-order valence-corrected chi connectivity index (χ1v) is 10.4. The van der Waals surface area contributed by atoms with Crippen LogP contribution in [0.3, 0.4) is 0 Å². The summed E-state index contributed by atoms with van der Waals surface area (Å²) < 4.78 is 0. The molecule has 0 N–H and O–H groups in total. The average Bonchev–Trinajstić information content (AvgIpc) is 2.77. The van der Waals surface area contributed by atoms with E-state index in [-0.39, 0.29) is 5.91 Å². The van der Waals surface area contributed by atoms with Crippen LogP contribution >= 0.6 is 0 Å². The number of aromatic nitrogens is 1. The molecule has 0 aliphatic heterocycles. The van der Waals surface area contributed by atoms with E-state index in [0.717, 1.165) is 41.4 Å². The smallest absolute Gasteiger partial charge is 0.222 e. The van der Waals surface area contributed by atoms with Crippen LogP contribution in [0.15, 0.2) is 60.7 Å². The third-order valence-electron chi connectivity index (χ3n) is 6.00. The quantitative estimate of drug-likeness (QED) is 0.582. The molecule has 0 bridgehead atoms. The number of para-hydroxylation sites is 1. The third kappa shape index (κ3) is 4.09. The van der Waals surface area contributed by atoms with Crippen LogP contribution in [0, 0.1) is 0 Å². The topological polar surface area (TPSA) is 33.2 Å². The minimum Gasteiger partial charge on any atom is -0.343 e. The lowest BCUT2D eigenvalue weighted by Crippen LogP contribution is -2.38. The molecule has 4 rings (SSSR count). The third-order valence-corrected chi connectivity index (χ3v) is 6.00. The summed E-state index contributed by atoms with van der Waals surface area (Å²) in [5.74, 6) is 0.258. The minimum atomic E-state index is 0.258. The summed E-state index contributed by atoms with van der Waals surface area (Å²) in [4.78, 5) is 19.7. The molecule has 0 unspecified atom stereocenters. The standard InChI is InChI=1S/C25H28N2O/c1-27(21-12-6-3-7-13-21)25(28)17-16-20-18-24(19-10-4-2-5-11-19)26-23-15-9-8-14-22(20)23/h2,4-5,8-11,14-15,18,21H,3,6-7,12-13,16-17H2,1H3. The lowest BCUT2D eigenvalue weighted by Gasteiger charge is -2.31. The van der Waals surface area contributed by atoms with Gasteiger partial charge >= 0.3 is 0 Å². The molecule has 0 spiro atoms. The second kappa shape index (κ2) is 8.55. The Bertz CT molecular complexity index is 945. The second-order valence-electron chi connectivity index (χ2n) is 7.85. The first-order chi connectivity index (χ1) is 13.7. The Labute approximate surface area is 167 Å². The Hall–Kier alpha value is -2.68. The fraction of sp³-hybridized carbons (Fsp3) is 0.360. The molecular weight excluding hydrogens is 344 g/mol. The summed E-state index contributed by atoms with van der Waals surface area (Å²) in [5, 5.41) is 1.15. The van der Waals surface area contributed by atoms with Gasteiger partial charge in [-0.05, 0) is 37.0 Å². The molecule has 1 amide bonds. The fourth-order valence-electron chi connectivity index (χ4n) is 4.30. The van der Waals surface area contributed by atoms with Crippen molar-refractivity contribution in [3.05, 3.63) is 66.2 Å². The molecule has 3 nitrogen and oxygen atoms in total. The zero-order valence-electron chi connectivity index (χ0n) is 16.6. The molecular formula is C25H28N2O. The van der Waals surface area contributed by atoms with Gasteiger partial charge in [0, 0.05) is 30.5 Å². The maximum Gasteiger partial charge on any atom is 0.222 e. The highest BCUT2D eigenvalue weighted by Crippen LogP contribution is 2.26. The highest BCUT2D eigenvalue weighted by Gasteiger charge is 2.22. The van der Waals surface area contributed by atoms with Crippen molar-refractivity contribution in [1.29, 1.82) is 0 Å². The van der Waals surface area contributed by atoms with E-state index in [2.05, 4.69) is 30.3 Å². The van der Waals surface area contributed by atoms with E-state index in [1.54, 1.807) is 0 Å². The molecule has 144 valence electrons. The Morgan fingerprint density at radius 1 is 1.00 bits per heavy atom. The molecule has 1 heterocycles. The lowest BCUT2D eigenvalue weighted by molar-refractivity contribution is -0.132. The Morgan fingerprint density at radius 3 is 2.50 bits per heavy atom. The first-order valence-electron chi connectivity index (χ1n) is 10.4. The SMILES string of the molecule is CN(C(=O)CCc1cc(-c2ccccc2)nc2ccccc12)C1CCCCC1. The van der Waals surface area contributed by atoms with Crippen LogP contribution in [0.5, 0.6) is 0 Å². The van der Waals surface area contributed by atoms with Crippen LogP contribution in [-0.2, 0) is 11.2 Å². The number of hydrogen-bond donors (Lipinski definition) is 0. The van der Waals surface area contributed by atoms with Crippen molar-refractivity contribution < 1.29 is 4.79 Å². The van der Waals surface area contributed by atoms with E-state index in [4.69, 9.17) is 4.98 Å². The molecule has 0 atom stereocenters. The monoisotopic (exact) mass is 372 g/mol. The van der Waals surface area contributed by atoms with Crippen LogP contribution in [0.25, 0.3) is 22.2 Å². The zero-order chi connectivity index (χ0) is 19.3. The predicted molar refractivity (Wildman–Crippen MR) is 115 cm³/mol. The summed E-state index contributed by atoms with van der Waals surface area (Å²) in [6.45, 7) is 0. The van der Waals surface area contributed by atoms with Gasteiger partial charge in [-0.15, -0.1) is 0 Å². The number of amides is 1. The molecule has 28 heavy (non-hydrogen) atoms. The van der Waals surface area contributed by atoms with E-state index in [9.17, 15) is 4.79 Å². The molecule has 0 radical (unpaired) electrons. The van der Waals surface area contributed by atoms with Crippen molar-refractivity contribution in [2.45, 2.75) is 51.0 Å². The highest BCUT2D eigenvalue weighted by atomic mass is 16.2. The minimum absolute atomic E-state index is 0.258. The van der Waals surface area contributed by atoms with Gasteiger partial charge in [0.15, 0.2) is 0 Å². The molecule has 0 saturated heterocycles. The Morgan fingerprint density at radius 2 is 1.71 bits per heavy atom. The van der Waals surface area contributed by atoms with Crippen LogP contribution in [0.1, 0.15) is 44.1 Å². The van der Waals surface area contributed by atoms with Crippen molar-refractivity contribution in [3.63, 3.8) is 0 Å². The number of nitrogens with zero attached hydrogens (tertiary/aromatic N) is 2. The van der Waals surface area contributed by atoms with Gasteiger partial charge in [-0.2, -0.15) is 0 Å². The number of aryl methyl sites for hydroxylation is 1. The maximum atomic E-state index is 12.8. The van der Waals surface area contributed by atoms with Crippen molar-refractivity contribution in [2.24, 2.45) is 0 Å².